The summed E-state index contributed by atoms with van der Waals surface area (Å²) in [4.78, 5) is 28.1. The fourth-order valence-corrected chi connectivity index (χ4v) is 3.76. The second kappa shape index (κ2) is 7.92. The van der Waals surface area contributed by atoms with Gasteiger partial charge in [-0.15, -0.1) is 0 Å². The first-order valence-electron chi connectivity index (χ1n) is 8.75. The first kappa shape index (κ1) is 20.3. The zero-order chi connectivity index (χ0) is 21.2. The van der Waals surface area contributed by atoms with Gasteiger partial charge in [-0.2, -0.15) is 5.10 Å². The van der Waals surface area contributed by atoms with Crippen LogP contribution >= 0.6 is 0 Å². The Morgan fingerprint density at radius 1 is 1.03 bits per heavy atom. The van der Waals surface area contributed by atoms with E-state index in [1.165, 1.54) is 43.5 Å². The van der Waals surface area contributed by atoms with Gasteiger partial charge in [0.15, 0.2) is 11.6 Å². The average molecular weight is 413 g/mol. The summed E-state index contributed by atoms with van der Waals surface area (Å²) >= 11 is 0. The van der Waals surface area contributed by atoms with E-state index in [4.69, 9.17) is 5.41 Å². The predicted molar refractivity (Wildman–Crippen MR) is 109 cm³/mol. The van der Waals surface area contributed by atoms with Crippen LogP contribution in [0.2, 0.25) is 0 Å². The summed E-state index contributed by atoms with van der Waals surface area (Å²) in [6, 6.07) is 10.6. The van der Waals surface area contributed by atoms with Crippen molar-refractivity contribution in [1.82, 2.24) is 4.98 Å². The van der Waals surface area contributed by atoms with Gasteiger partial charge in [0.1, 0.15) is 11.5 Å². The average Bonchev–Trinajstić information content (AvgIpc) is 2.71. The molecule has 1 aliphatic carbocycles. The zero-order valence-electron chi connectivity index (χ0n) is 15.7. The van der Waals surface area contributed by atoms with Crippen LogP contribution in [-0.4, -0.2) is 36.4 Å². The minimum absolute atomic E-state index is 0.0238. The third-order valence-corrected chi connectivity index (χ3v) is 5.90. The van der Waals surface area contributed by atoms with Crippen LogP contribution < -0.4 is 10.1 Å². The number of hydrazone groups is 1. The van der Waals surface area contributed by atoms with Crippen molar-refractivity contribution >= 4 is 44.5 Å². The second-order valence-electron chi connectivity index (χ2n) is 6.54. The van der Waals surface area contributed by atoms with Gasteiger partial charge in [-0.3, -0.25) is 19.7 Å². The van der Waals surface area contributed by atoms with E-state index < -0.39 is 27.6 Å². The number of carbonyl (C=O) groups excluding carboxylic acids is 2. The SMILES string of the molecule is CC1C(=N)/C(=N/Nc2ccc(S(=O)(=O)Nc3ccccn3)cc2)C(=O)C(C)C1=O. The Balaban J connectivity index is 1.75. The molecule has 2 aromatic rings. The number of sulfonamides is 1. The van der Waals surface area contributed by atoms with Crippen LogP contribution in [0.1, 0.15) is 13.8 Å². The van der Waals surface area contributed by atoms with Gasteiger partial charge >= 0.3 is 0 Å². The number of Topliss-reactive ketones (excluding diaryl/α,β-unsaturated/α-hetero) is 2. The molecule has 0 aliphatic heterocycles. The summed E-state index contributed by atoms with van der Waals surface area (Å²) in [7, 11) is -3.81. The van der Waals surface area contributed by atoms with Crippen molar-refractivity contribution in [3.05, 3.63) is 48.7 Å². The monoisotopic (exact) mass is 413 g/mol. The molecule has 2 atom stereocenters. The summed E-state index contributed by atoms with van der Waals surface area (Å²) in [6.45, 7) is 3.06. The molecule has 0 bridgehead atoms. The summed E-state index contributed by atoms with van der Waals surface area (Å²) in [5, 5.41) is 12.0. The van der Waals surface area contributed by atoms with Crippen molar-refractivity contribution in [2.24, 2.45) is 16.9 Å². The maximum Gasteiger partial charge on any atom is 0.263 e. The number of hydrogen-bond acceptors (Lipinski definition) is 8. The minimum Gasteiger partial charge on any atom is -0.302 e. The van der Waals surface area contributed by atoms with Crippen molar-refractivity contribution < 1.29 is 18.0 Å². The summed E-state index contributed by atoms with van der Waals surface area (Å²) in [5.74, 6) is -2.15. The van der Waals surface area contributed by atoms with Crippen molar-refractivity contribution in [3.8, 4) is 0 Å². The van der Waals surface area contributed by atoms with Gasteiger partial charge in [0.2, 0.25) is 0 Å². The van der Waals surface area contributed by atoms with Gasteiger partial charge in [0.05, 0.1) is 28.1 Å². The maximum atomic E-state index is 12.4. The quantitative estimate of drug-likeness (QED) is 0.506. The largest absolute Gasteiger partial charge is 0.302 e. The van der Waals surface area contributed by atoms with Crippen LogP contribution in [0.3, 0.4) is 0 Å². The third kappa shape index (κ3) is 4.21. The molecule has 0 radical (unpaired) electrons. The van der Waals surface area contributed by atoms with E-state index in [-0.39, 0.29) is 27.9 Å². The smallest absolute Gasteiger partial charge is 0.263 e. The number of ketones is 2. The number of carbonyl (C=O) groups is 2. The molecule has 2 unspecified atom stereocenters. The lowest BCUT2D eigenvalue weighted by Crippen LogP contribution is -2.46. The van der Waals surface area contributed by atoms with Crippen LogP contribution in [0.4, 0.5) is 11.5 Å². The van der Waals surface area contributed by atoms with Crippen LogP contribution in [0.15, 0.2) is 58.7 Å². The van der Waals surface area contributed by atoms with Crippen molar-refractivity contribution in [3.63, 3.8) is 0 Å². The van der Waals surface area contributed by atoms with Crippen LogP contribution in [0.5, 0.6) is 0 Å². The first-order chi connectivity index (χ1) is 13.7. The van der Waals surface area contributed by atoms with Crippen LogP contribution in [0, 0.1) is 17.2 Å². The molecule has 1 aromatic carbocycles. The second-order valence-corrected chi connectivity index (χ2v) is 8.22. The normalized spacial score (nSPS) is 21.3. The molecule has 150 valence electrons. The summed E-state index contributed by atoms with van der Waals surface area (Å²) < 4.78 is 27.2. The summed E-state index contributed by atoms with van der Waals surface area (Å²) in [5.41, 5.74) is 2.84. The number of pyridine rings is 1. The Labute approximate surface area is 167 Å². The zero-order valence-corrected chi connectivity index (χ0v) is 16.5. The van der Waals surface area contributed by atoms with Crippen LogP contribution in [-0.2, 0) is 19.6 Å². The number of aromatic nitrogens is 1. The molecule has 0 saturated heterocycles. The van der Waals surface area contributed by atoms with E-state index >= 15 is 0 Å². The van der Waals surface area contributed by atoms with Crippen molar-refractivity contribution in [2.75, 3.05) is 10.1 Å². The van der Waals surface area contributed by atoms with Gasteiger partial charge < -0.3 is 5.41 Å². The number of benzene rings is 1. The first-order valence-corrected chi connectivity index (χ1v) is 10.2. The number of nitrogens with zero attached hydrogens (tertiary/aromatic N) is 2. The van der Waals surface area contributed by atoms with Crippen molar-refractivity contribution in [1.29, 1.82) is 5.41 Å². The number of hydrogen-bond donors (Lipinski definition) is 3. The minimum atomic E-state index is -3.81. The number of anilines is 2. The van der Waals surface area contributed by atoms with Crippen molar-refractivity contribution in [2.45, 2.75) is 18.7 Å². The van der Waals surface area contributed by atoms with E-state index in [9.17, 15) is 18.0 Å². The highest BCUT2D eigenvalue weighted by Gasteiger charge is 2.40. The molecular weight excluding hydrogens is 394 g/mol. The molecule has 3 rings (SSSR count). The highest BCUT2D eigenvalue weighted by molar-refractivity contribution is 7.92. The Bertz CT molecular complexity index is 1070. The standard InChI is InChI=1S/C19H19N5O4S/c1-11-16(20)17(19(26)12(2)18(11)25)23-22-13-6-8-14(9-7-13)29(27,28)24-15-5-3-4-10-21-15/h3-12,20,22H,1-2H3,(H,21,24)/b20-16?,23-17-. The van der Waals surface area contributed by atoms with E-state index in [2.05, 4.69) is 20.2 Å². The van der Waals surface area contributed by atoms with Gasteiger partial charge in [0.25, 0.3) is 10.0 Å². The lowest BCUT2D eigenvalue weighted by atomic mass is 9.78. The van der Waals surface area contributed by atoms with E-state index in [1.54, 1.807) is 19.1 Å². The molecule has 1 aromatic heterocycles. The fraction of sp³-hybridized carbons (Fsp3) is 0.211. The van der Waals surface area contributed by atoms with E-state index in [1.807, 2.05) is 0 Å². The molecule has 1 saturated carbocycles. The topological polar surface area (TPSA) is 141 Å². The number of rotatable bonds is 5. The molecular formula is C19H19N5O4S. The Kier molecular flexibility index (Phi) is 5.55. The third-order valence-electron chi connectivity index (χ3n) is 4.53. The molecule has 9 nitrogen and oxygen atoms in total. The highest BCUT2D eigenvalue weighted by atomic mass is 32.2. The maximum absolute atomic E-state index is 12.4. The predicted octanol–water partition coefficient (Wildman–Crippen LogP) is 2.09. The Hall–Kier alpha value is -3.40. The van der Waals surface area contributed by atoms with Gasteiger partial charge in [-0.1, -0.05) is 6.07 Å². The van der Waals surface area contributed by atoms with E-state index in [0.717, 1.165) is 0 Å². The Morgan fingerprint density at radius 3 is 2.34 bits per heavy atom. The van der Waals surface area contributed by atoms with Crippen LogP contribution in [0.25, 0.3) is 0 Å². The van der Waals surface area contributed by atoms with E-state index in [0.29, 0.717) is 5.69 Å². The molecule has 1 aliphatic rings. The van der Waals surface area contributed by atoms with Gasteiger partial charge in [0, 0.05) is 6.20 Å². The highest BCUT2D eigenvalue weighted by Crippen LogP contribution is 2.20. The summed E-state index contributed by atoms with van der Waals surface area (Å²) in [6.07, 6.45) is 1.48. The lowest BCUT2D eigenvalue weighted by molar-refractivity contribution is -0.130. The lowest BCUT2D eigenvalue weighted by Gasteiger charge is -2.23. The van der Waals surface area contributed by atoms with Gasteiger partial charge in [-0.05, 0) is 50.2 Å². The molecule has 1 heterocycles. The number of nitrogens with one attached hydrogen (secondary N) is 3. The van der Waals surface area contributed by atoms with Gasteiger partial charge in [-0.25, -0.2) is 13.4 Å². The molecule has 0 amide bonds. The molecule has 29 heavy (non-hydrogen) atoms. The molecule has 0 spiro atoms. The molecule has 3 N–H and O–H groups in total. The fourth-order valence-electron chi connectivity index (χ4n) is 2.75. The Morgan fingerprint density at radius 2 is 1.72 bits per heavy atom. The molecule has 10 heteroatoms. The molecule has 1 fully saturated rings.